The highest BCUT2D eigenvalue weighted by atomic mass is 16.5. The number of ether oxygens (including phenoxy) is 1. The van der Waals surface area contributed by atoms with Crippen LogP contribution in [-0.4, -0.2) is 6.61 Å². The lowest BCUT2D eigenvalue weighted by Gasteiger charge is -2.21. The van der Waals surface area contributed by atoms with Gasteiger partial charge in [-0.2, -0.15) is 0 Å². The summed E-state index contributed by atoms with van der Waals surface area (Å²) in [5, 5.41) is 0. The van der Waals surface area contributed by atoms with Crippen LogP contribution in [0.3, 0.4) is 0 Å². The number of unbranched alkanes of at least 4 members (excludes halogenated alkanes) is 8. The normalized spacial score (nSPS) is 14.6. The summed E-state index contributed by atoms with van der Waals surface area (Å²) in [6.45, 7) is 3.17. The van der Waals surface area contributed by atoms with Crippen molar-refractivity contribution in [2.45, 2.75) is 103 Å². The van der Waals surface area contributed by atoms with Crippen LogP contribution in [0.2, 0.25) is 0 Å². The third kappa shape index (κ3) is 9.09. The van der Waals surface area contributed by atoms with Gasteiger partial charge in [-0.05, 0) is 60.4 Å². The molecule has 0 N–H and O–H groups in total. The summed E-state index contributed by atoms with van der Waals surface area (Å²) in [6, 6.07) is 17.9. The molecule has 0 radical (unpaired) electrons. The minimum Gasteiger partial charge on any atom is -0.493 e. The maximum atomic E-state index is 6.05. The van der Waals surface area contributed by atoms with Crippen LogP contribution in [0.5, 0.6) is 5.75 Å². The molecule has 0 aliphatic heterocycles. The minimum atomic E-state index is 0.756. The summed E-state index contributed by atoms with van der Waals surface area (Å²) in [4.78, 5) is 0. The molecule has 1 aliphatic rings. The van der Waals surface area contributed by atoms with Gasteiger partial charge in [-0.15, -0.1) is 0 Å². The lowest BCUT2D eigenvalue weighted by atomic mass is 9.90. The molecule has 1 aliphatic carbocycles. The minimum absolute atomic E-state index is 0.756. The zero-order valence-electron chi connectivity index (χ0n) is 19.9. The van der Waals surface area contributed by atoms with E-state index in [2.05, 4.69) is 55.5 Å². The van der Waals surface area contributed by atoms with Crippen molar-refractivity contribution < 1.29 is 4.74 Å². The fraction of sp³-hybridized carbons (Fsp3) is 0.600. The molecule has 1 heteroatoms. The highest BCUT2D eigenvalue weighted by Gasteiger charge is 2.13. The standard InChI is InChI=1S/C30H44O/c1-2-3-4-5-6-7-8-9-11-14-26-17-19-28(20-18-26)29-21-23-30(24-22-29)31-25-27-15-12-10-13-16-27/h17-24,27H,2-16,25H2,1H3. The van der Waals surface area contributed by atoms with Gasteiger partial charge in [-0.1, -0.05) is 114 Å². The van der Waals surface area contributed by atoms with Crippen LogP contribution in [0.25, 0.3) is 11.1 Å². The Balaban J connectivity index is 1.33. The van der Waals surface area contributed by atoms with Crippen molar-refractivity contribution in [1.29, 1.82) is 0 Å². The van der Waals surface area contributed by atoms with Crippen LogP contribution >= 0.6 is 0 Å². The molecular formula is C30H44O. The SMILES string of the molecule is CCCCCCCCCCCc1ccc(-c2ccc(OCC3CCCCC3)cc2)cc1. The van der Waals surface area contributed by atoms with Gasteiger partial charge >= 0.3 is 0 Å². The Kier molecular flexibility index (Phi) is 11.0. The smallest absolute Gasteiger partial charge is 0.119 e. The van der Waals surface area contributed by atoms with Crippen LogP contribution < -0.4 is 4.74 Å². The highest BCUT2D eigenvalue weighted by molar-refractivity contribution is 5.64. The number of hydrogen-bond donors (Lipinski definition) is 0. The average molecular weight is 421 g/mol. The van der Waals surface area contributed by atoms with Gasteiger partial charge in [0.05, 0.1) is 6.61 Å². The van der Waals surface area contributed by atoms with E-state index in [1.54, 1.807) is 0 Å². The highest BCUT2D eigenvalue weighted by Crippen LogP contribution is 2.26. The number of aryl methyl sites for hydroxylation is 1. The maximum absolute atomic E-state index is 6.05. The third-order valence-corrected chi connectivity index (χ3v) is 6.92. The van der Waals surface area contributed by atoms with Gasteiger partial charge in [-0.25, -0.2) is 0 Å². The maximum Gasteiger partial charge on any atom is 0.119 e. The Labute approximate surface area is 191 Å². The van der Waals surface area contributed by atoms with E-state index >= 15 is 0 Å². The molecule has 31 heavy (non-hydrogen) atoms. The molecule has 0 bridgehead atoms. The first-order valence-corrected chi connectivity index (χ1v) is 13.2. The Morgan fingerprint density at radius 1 is 0.645 bits per heavy atom. The largest absolute Gasteiger partial charge is 0.493 e. The molecule has 0 saturated heterocycles. The van der Waals surface area contributed by atoms with Gasteiger partial charge in [0.15, 0.2) is 0 Å². The first kappa shape index (κ1) is 23.9. The molecule has 0 spiro atoms. The lowest BCUT2D eigenvalue weighted by molar-refractivity contribution is 0.209. The van der Waals surface area contributed by atoms with Gasteiger partial charge in [0.1, 0.15) is 5.75 Å². The zero-order chi connectivity index (χ0) is 21.6. The summed E-state index contributed by atoms with van der Waals surface area (Å²) >= 11 is 0. The Morgan fingerprint density at radius 2 is 1.19 bits per heavy atom. The lowest BCUT2D eigenvalue weighted by Crippen LogP contribution is -2.15. The summed E-state index contributed by atoms with van der Waals surface area (Å²) < 4.78 is 6.05. The van der Waals surface area contributed by atoms with E-state index in [4.69, 9.17) is 4.74 Å². The van der Waals surface area contributed by atoms with E-state index in [0.717, 1.165) is 18.3 Å². The molecule has 2 aromatic rings. The predicted molar refractivity (Wildman–Crippen MR) is 135 cm³/mol. The first-order chi connectivity index (χ1) is 15.3. The van der Waals surface area contributed by atoms with Crippen molar-refractivity contribution in [3.8, 4) is 16.9 Å². The molecule has 0 heterocycles. The molecule has 3 rings (SSSR count). The van der Waals surface area contributed by atoms with E-state index in [1.807, 2.05) is 0 Å². The van der Waals surface area contributed by atoms with Crippen molar-refractivity contribution in [2.75, 3.05) is 6.61 Å². The number of benzene rings is 2. The molecule has 1 saturated carbocycles. The van der Waals surface area contributed by atoms with Crippen LogP contribution in [0.15, 0.2) is 48.5 Å². The monoisotopic (exact) mass is 420 g/mol. The van der Waals surface area contributed by atoms with Crippen molar-refractivity contribution in [3.05, 3.63) is 54.1 Å². The van der Waals surface area contributed by atoms with Gasteiger partial charge in [0.2, 0.25) is 0 Å². The van der Waals surface area contributed by atoms with Crippen molar-refractivity contribution in [1.82, 2.24) is 0 Å². The van der Waals surface area contributed by atoms with E-state index < -0.39 is 0 Å². The molecule has 0 unspecified atom stereocenters. The molecule has 1 nitrogen and oxygen atoms in total. The Bertz CT molecular complexity index is 694. The van der Waals surface area contributed by atoms with Crippen LogP contribution in [0, 0.1) is 5.92 Å². The number of hydrogen-bond acceptors (Lipinski definition) is 1. The third-order valence-electron chi connectivity index (χ3n) is 6.92. The van der Waals surface area contributed by atoms with Crippen LogP contribution in [-0.2, 0) is 6.42 Å². The zero-order valence-corrected chi connectivity index (χ0v) is 19.9. The van der Waals surface area contributed by atoms with Crippen molar-refractivity contribution in [3.63, 3.8) is 0 Å². The number of rotatable bonds is 14. The average Bonchev–Trinajstić information content (AvgIpc) is 2.83. The molecular weight excluding hydrogens is 376 g/mol. The topological polar surface area (TPSA) is 9.23 Å². The summed E-state index contributed by atoms with van der Waals surface area (Å²) in [5.41, 5.74) is 4.05. The van der Waals surface area contributed by atoms with Crippen molar-refractivity contribution in [2.24, 2.45) is 5.92 Å². The fourth-order valence-corrected chi connectivity index (χ4v) is 4.82. The molecule has 2 aromatic carbocycles. The second kappa shape index (κ2) is 14.3. The second-order valence-electron chi connectivity index (χ2n) is 9.61. The van der Waals surface area contributed by atoms with E-state index in [-0.39, 0.29) is 0 Å². The van der Waals surface area contributed by atoms with Gasteiger partial charge in [0.25, 0.3) is 0 Å². The summed E-state index contributed by atoms with van der Waals surface area (Å²) in [5.74, 6) is 1.77. The molecule has 0 amide bonds. The quantitative estimate of drug-likeness (QED) is 0.276. The van der Waals surface area contributed by atoms with E-state index in [9.17, 15) is 0 Å². The van der Waals surface area contributed by atoms with E-state index in [0.29, 0.717) is 0 Å². The molecule has 0 atom stereocenters. The Morgan fingerprint density at radius 3 is 1.81 bits per heavy atom. The van der Waals surface area contributed by atoms with Gasteiger partial charge in [-0.3, -0.25) is 0 Å². The Hall–Kier alpha value is -1.76. The molecule has 1 fully saturated rings. The fourth-order valence-electron chi connectivity index (χ4n) is 4.82. The van der Waals surface area contributed by atoms with Crippen molar-refractivity contribution >= 4 is 0 Å². The molecule has 0 aromatic heterocycles. The summed E-state index contributed by atoms with van der Waals surface area (Å²) in [7, 11) is 0. The van der Waals surface area contributed by atoms with Gasteiger partial charge in [0, 0.05) is 0 Å². The first-order valence-electron chi connectivity index (χ1n) is 13.2. The second-order valence-corrected chi connectivity index (χ2v) is 9.61. The van der Waals surface area contributed by atoms with Crippen LogP contribution in [0.4, 0.5) is 0 Å². The summed E-state index contributed by atoms with van der Waals surface area (Å²) in [6.07, 6.45) is 20.6. The van der Waals surface area contributed by atoms with Gasteiger partial charge < -0.3 is 4.74 Å². The van der Waals surface area contributed by atoms with Crippen LogP contribution in [0.1, 0.15) is 102 Å². The predicted octanol–water partition coefficient (Wildman–Crippen LogP) is 9.39. The molecule has 170 valence electrons. The van der Waals surface area contributed by atoms with E-state index in [1.165, 1.54) is 113 Å².